The lowest BCUT2D eigenvalue weighted by atomic mass is 9.70. The minimum absolute atomic E-state index is 0.141. The van der Waals surface area contributed by atoms with Crippen molar-refractivity contribution in [2.75, 3.05) is 13.2 Å². The van der Waals surface area contributed by atoms with E-state index in [1.807, 2.05) is 13.8 Å². The maximum Gasteiger partial charge on any atom is 0.0937 e. The van der Waals surface area contributed by atoms with E-state index in [-0.39, 0.29) is 11.0 Å². The van der Waals surface area contributed by atoms with Crippen molar-refractivity contribution in [3.8, 4) is 0 Å². The van der Waals surface area contributed by atoms with Gasteiger partial charge in [-0.2, -0.15) is 0 Å². The Morgan fingerprint density at radius 2 is 2.09 bits per heavy atom. The Hall–Kier alpha value is -0.120. The highest BCUT2D eigenvalue weighted by atomic mass is 16.6. The average molecular weight is 159 g/mol. The van der Waals surface area contributed by atoms with Gasteiger partial charge in [0.2, 0.25) is 0 Å². The van der Waals surface area contributed by atoms with Crippen LogP contribution in [0.3, 0.4) is 0 Å². The van der Waals surface area contributed by atoms with Gasteiger partial charge in [0.1, 0.15) is 0 Å². The fourth-order valence-corrected chi connectivity index (χ4v) is 1.45. The first-order valence-electron chi connectivity index (χ1n) is 4.03. The molecule has 0 atom stereocenters. The van der Waals surface area contributed by atoms with Crippen molar-refractivity contribution in [3.05, 3.63) is 0 Å². The molecule has 11 heavy (non-hydrogen) atoms. The fraction of sp³-hybridized carbons (Fsp3) is 1.00. The highest BCUT2D eigenvalue weighted by Crippen LogP contribution is 2.42. The summed E-state index contributed by atoms with van der Waals surface area (Å²) in [5.41, 5.74) is -0.123. The zero-order valence-corrected chi connectivity index (χ0v) is 7.52. The van der Waals surface area contributed by atoms with Gasteiger partial charge in [-0.25, -0.2) is 5.90 Å². The molecule has 1 fully saturated rings. The Bertz CT molecular complexity index is 136. The van der Waals surface area contributed by atoms with Crippen molar-refractivity contribution >= 4 is 0 Å². The predicted octanol–water partition coefficient (Wildman–Crippen LogP) is 1.08. The van der Waals surface area contributed by atoms with E-state index in [0.29, 0.717) is 0 Å². The minimum atomic E-state index is -0.264. The molecule has 0 amide bonds. The van der Waals surface area contributed by atoms with Crippen molar-refractivity contribution in [2.45, 2.75) is 32.8 Å². The summed E-state index contributed by atoms with van der Waals surface area (Å²) >= 11 is 0. The molecule has 2 N–H and O–H groups in total. The maximum atomic E-state index is 5.22. The molecule has 0 aliphatic carbocycles. The SMILES string of the molecule is CCC1(C(C)(C)ON)COC1. The Kier molecular flexibility index (Phi) is 2.23. The van der Waals surface area contributed by atoms with Crippen LogP contribution in [0.1, 0.15) is 27.2 Å². The van der Waals surface area contributed by atoms with E-state index in [2.05, 4.69) is 6.92 Å². The largest absolute Gasteiger partial charge is 0.380 e. The van der Waals surface area contributed by atoms with Gasteiger partial charge < -0.3 is 4.74 Å². The molecule has 1 aliphatic rings. The molecule has 1 rings (SSSR count). The molecule has 0 bridgehead atoms. The van der Waals surface area contributed by atoms with E-state index in [9.17, 15) is 0 Å². The average Bonchev–Trinajstić information content (AvgIpc) is 1.86. The fourth-order valence-electron chi connectivity index (χ4n) is 1.45. The molecule has 0 radical (unpaired) electrons. The summed E-state index contributed by atoms with van der Waals surface area (Å²) in [5.74, 6) is 5.22. The molecule has 3 heteroatoms. The third-order valence-corrected chi connectivity index (χ3v) is 3.01. The summed E-state index contributed by atoms with van der Waals surface area (Å²) in [5, 5.41) is 0. The Labute approximate surface area is 67.8 Å². The number of ether oxygens (including phenoxy) is 1. The van der Waals surface area contributed by atoms with Crippen molar-refractivity contribution in [1.29, 1.82) is 0 Å². The molecule has 0 aromatic heterocycles. The van der Waals surface area contributed by atoms with Gasteiger partial charge in [-0.1, -0.05) is 6.92 Å². The first-order valence-corrected chi connectivity index (χ1v) is 4.03. The zero-order valence-electron chi connectivity index (χ0n) is 7.52. The standard InChI is InChI=1S/C8H17NO2/c1-4-8(5-10-6-8)7(2,3)11-9/h4-6,9H2,1-3H3. The molecule has 0 aromatic rings. The number of nitrogens with two attached hydrogens (primary N) is 1. The van der Waals surface area contributed by atoms with Crippen LogP contribution in [0, 0.1) is 5.41 Å². The lowest BCUT2D eigenvalue weighted by Crippen LogP contribution is -2.58. The summed E-state index contributed by atoms with van der Waals surface area (Å²) in [7, 11) is 0. The van der Waals surface area contributed by atoms with Crippen LogP contribution >= 0.6 is 0 Å². The zero-order chi connectivity index (χ0) is 8.54. The second-order valence-corrected chi connectivity index (χ2v) is 3.75. The molecule has 1 heterocycles. The van der Waals surface area contributed by atoms with Gasteiger partial charge in [-0.05, 0) is 20.3 Å². The lowest BCUT2D eigenvalue weighted by molar-refractivity contribution is -0.230. The van der Waals surface area contributed by atoms with E-state index in [0.717, 1.165) is 19.6 Å². The van der Waals surface area contributed by atoms with E-state index in [1.165, 1.54) is 0 Å². The second kappa shape index (κ2) is 2.73. The van der Waals surface area contributed by atoms with Crippen molar-refractivity contribution in [3.63, 3.8) is 0 Å². The van der Waals surface area contributed by atoms with Crippen molar-refractivity contribution in [1.82, 2.24) is 0 Å². The minimum Gasteiger partial charge on any atom is -0.380 e. The summed E-state index contributed by atoms with van der Waals surface area (Å²) in [4.78, 5) is 4.96. The summed E-state index contributed by atoms with van der Waals surface area (Å²) in [6.07, 6.45) is 1.05. The van der Waals surface area contributed by atoms with Crippen LogP contribution in [-0.2, 0) is 9.57 Å². The van der Waals surface area contributed by atoms with Crippen LogP contribution in [0.25, 0.3) is 0 Å². The van der Waals surface area contributed by atoms with E-state index in [4.69, 9.17) is 15.5 Å². The summed E-state index contributed by atoms with van der Waals surface area (Å²) < 4.78 is 5.18. The molecule has 0 aromatic carbocycles. The molecule has 0 unspecified atom stereocenters. The van der Waals surface area contributed by atoms with Gasteiger partial charge in [-0.15, -0.1) is 0 Å². The first-order chi connectivity index (χ1) is 5.08. The Morgan fingerprint density at radius 1 is 1.55 bits per heavy atom. The monoisotopic (exact) mass is 159 g/mol. The smallest absolute Gasteiger partial charge is 0.0937 e. The molecular formula is C8H17NO2. The lowest BCUT2D eigenvalue weighted by Gasteiger charge is -2.50. The molecule has 66 valence electrons. The first kappa shape index (κ1) is 8.97. The third-order valence-electron chi connectivity index (χ3n) is 3.01. The predicted molar refractivity (Wildman–Crippen MR) is 42.9 cm³/mol. The molecule has 3 nitrogen and oxygen atoms in total. The van der Waals surface area contributed by atoms with Gasteiger partial charge >= 0.3 is 0 Å². The summed E-state index contributed by atoms with van der Waals surface area (Å²) in [6.45, 7) is 7.71. The number of hydrogen-bond acceptors (Lipinski definition) is 3. The highest BCUT2D eigenvalue weighted by Gasteiger charge is 2.50. The van der Waals surface area contributed by atoms with Crippen LogP contribution < -0.4 is 5.90 Å². The Morgan fingerprint density at radius 3 is 2.18 bits per heavy atom. The highest BCUT2D eigenvalue weighted by molar-refractivity contribution is 4.97. The van der Waals surface area contributed by atoms with E-state index >= 15 is 0 Å². The van der Waals surface area contributed by atoms with Crippen LogP contribution in [-0.4, -0.2) is 18.8 Å². The van der Waals surface area contributed by atoms with Gasteiger partial charge in [0.15, 0.2) is 0 Å². The van der Waals surface area contributed by atoms with Crippen LogP contribution in [0.5, 0.6) is 0 Å². The second-order valence-electron chi connectivity index (χ2n) is 3.75. The third kappa shape index (κ3) is 1.17. The molecule has 1 aliphatic heterocycles. The maximum absolute atomic E-state index is 5.22. The van der Waals surface area contributed by atoms with E-state index < -0.39 is 0 Å². The molecular weight excluding hydrogens is 142 g/mol. The molecule has 1 saturated heterocycles. The van der Waals surface area contributed by atoms with Gasteiger partial charge in [0.05, 0.1) is 18.8 Å². The van der Waals surface area contributed by atoms with Gasteiger partial charge in [-0.3, -0.25) is 4.84 Å². The van der Waals surface area contributed by atoms with Crippen LogP contribution in [0.15, 0.2) is 0 Å². The van der Waals surface area contributed by atoms with Gasteiger partial charge in [0.25, 0.3) is 0 Å². The van der Waals surface area contributed by atoms with Crippen LogP contribution in [0.2, 0.25) is 0 Å². The topological polar surface area (TPSA) is 44.5 Å². The quantitative estimate of drug-likeness (QED) is 0.627. The van der Waals surface area contributed by atoms with Gasteiger partial charge in [0, 0.05) is 5.41 Å². The van der Waals surface area contributed by atoms with E-state index in [1.54, 1.807) is 0 Å². The molecule has 0 spiro atoms. The summed E-state index contributed by atoms with van der Waals surface area (Å²) in [6, 6.07) is 0. The Balaban J connectivity index is 2.68. The molecule has 0 saturated carbocycles. The van der Waals surface area contributed by atoms with Crippen molar-refractivity contribution in [2.24, 2.45) is 11.3 Å². The van der Waals surface area contributed by atoms with Crippen molar-refractivity contribution < 1.29 is 9.57 Å². The number of hydrogen-bond donors (Lipinski definition) is 1. The van der Waals surface area contributed by atoms with Crippen LogP contribution in [0.4, 0.5) is 0 Å². The number of rotatable bonds is 3. The normalized spacial score (nSPS) is 22.9.